The molecule has 0 aliphatic carbocycles. The van der Waals surface area contributed by atoms with Crippen molar-refractivity contribution >= 4 is 29.1 Å². The molecule has 4 rings (SSSR count). The number of benzene rings is 2. The molecule has 0 atom stereocenters. The summed E-state index contributed by atoms with van der Waals surface area (Å²) in [6, 6.07) is 17.7. The fourth-order valence-electron chi connectivity index (χ4n) is 2.78. The first-order valence-electron chi connectivity index (χ1n) is 9.08. The van der Waals surface area contributed by atoms with Crippen LogP contribution in [0.2, 0.25) is 5.02 Å². The van der Waals surface area contributed by atoms with Crippen LogP contribution >= 0.6 is 11.6 Å². The standard InChI is InChI=1S/C21H17ClN6O2/c22-15-3-1-4-18(13-15)28-12-9-19(26-28)21(30)23-14-20(29)25-16-5-7-17(8-6-16)27-11-2-10-24-27/h1-13H,14H2,(H,23,30)(H,25,29). The van der Waals surface area contributed by atoms with Gasteiger partial charge in [0.15, 0.2) is 5.69 Å². The highest BCUT2D eigenvalue weighted by Crippen LogP contribution is 2.15. The Kier molecular flexibility index (Phi) is 5.58. The number of nitrogens with zero attached hydrogens (tertiary/aromatic N) is 4. The molecule has 9 heteroatoms. The van der Waals surface area contributed by atoms with Crippen LogP contribution in [0.1, 0.15) is 10.5 Å². The fourth-order valence-corrected chi connectivity index (χ4v) is 2.97. The number of halogens is 1. The normalized spacial score (nSPS) is 10.6. The van der Waals surface area contributed by atoms with Gasteiger partial charge in [-0.2, -0.15) is 10.2 Å². The van der Waals surface area contributed by atoms with Gasteiger partial charge in [-0.25, -0.2) is 9.36 Å². The Labute approximate surface area is 177 Å². The second-order valence-corrected chi connectivity index (χ2v) is 6.79. The molecular weight excluding hydrogens is 404 g/mol. The number of hydrogen-bond donors (Lipinski definition) is 2. The maximum atomic E-state index is 12.3. The van der Waals surface area contributed by atoms with E-state index in [9.17, 15) is 9.59 Å². The molecule has 4 aromatic rings. The van der Waals surface area contributed by atoms with Gasteiger partial charge in [-0.15, -0.1) is 0 Å². The van der Waals surface area contributed by atoms with Crippen molar-refractivity contribution in [1.29, 1.82) is 0 Å². The van der Waals surface area contributed by atoms with Crippen LogP contribution in [0.3, 0.4) is 0 Å². The van der Waals surface area contributed by atoms with Gasteiger partial charge in [-0.05, 0) is 54.6 Å². The molecule has 0 bridgehead atoms. The molecule has 0 saturated carbocycles. The highest BCUT2D eigenvalue weighted by atomic mass is 35.5. The molecule has 150 valence electrons. The molecule has 0 radical (unpaired) electrons. The number of hydrogen-bond acceptors (Lipinski definition) is 4. The SMILES string of the molecule is O=C(CNC(=O)c1ccn(-c2cccc(Cl)c2)n1)Nc1ccc(-n2cccn2)cc1. The van der Waals surface area contributed by atoms with Gasteiger partial charge in [-0.3, -0.25) is 9.59 Å². The predicted octanol–water partition coefficient (Wildman–Crippen LogP) is 3.08. The highest BCUT2D eigenvalue weighted by molar-refractivity contribution is 6.30. The van der Waals surface area contributed by atoms with Gasteiger partial charge < -0.3 is 10.6 Å². The lowest BCUT2D eigenvalue weighted by molar-refractivity contribution is -0.115. The van der Waals surface area contributed by atoms with Gasteiger partial charge in [-0.1, -0.05) is 17.7 Å². The van der Waals surface area contributed by atoms with E-state index in [0.717, 1.165) is 11.4 Å². The second-order valence-electron chi connectivity index (χ2n) is 6.35. The number of amides is 2. The summed E-state index contributed by atoms with van der Waals surface area (Å²) < 4.78 is 3.26. The van der Waals surface area contributed by atoms with Crippen molar-refractivity contribution in [2.45, 2.75) is 0 Å². The Hall–Kier alpha value is -3.91. The molecule has 2 N–H and O–H groups in total. The minimum absolute atomic E-state index is 0.177. The summed E-state index contributed by atoms with van der Waals surface area (Å²) in [4.78, 5) is 24.4. The van der Waals surface area contributed by atoms with Crippen molar-refractivity contribution in [1.82, 2.24) is 24.9 Å². The minimum atomic E-state index is -0.444. The van der Waals surface area contributed by atoms with Crippen molar-refractivity contribution in [3.63, 3.8) is 0 Å². The summed E-state index contributed by atoms with van der Waals surface area (Å²) in [6.45, 7) is -0.177. The summed E-state index contributed by atoms with van der Waals surface area (Å²) in [5.74, 6) is -0.788. The van der Waals surface area contributed by atoms with Gasteiger partial charge in [0, 0.05) is 29.3 Å². The zero-order valence-corrected chi connectivity index (χ0v) is 16.5. The smallest absolute Gasteiger partial charge is 0.272 e. The van der Waals surface area contributed by atoms with E-state index in [1.54, 1.807) is 58.2 Å². The molecule has 0 unspecified atom stereocenters. The molecule has 0 fully saturated rings. The predicted molar refractivity (Wildman–Crippen MR) is 113 cm³/mol. The van der Waals surface area contributed by atoms with E-state index in [4.69, 9.17) is 11.6 Å². The van der Waals surface area contributed by atoms with Crippen molar-refractivity contribution < 1.29 is 9.59 Å². The molecule has 0 aliphatic heterocycles. The van der Waals surface area contributed by atoms with Crippen molar-refractivity contribution in [3.05, 3.63) is 90.0 Å². The molecule has 0 aliphatic rings. The van der Waals surface area contributed by atoms with Crippen molar-refractivity contribution in [2.24, 2.45) is 0 Å². The van der Waals surface area contributed by atoms with Gasteiger partial charge in [0.25, 0.3) is 5.91 Å². The molecular formula is C21H17ClN6O2. The number of carbonyl (C=O) groups is 2. The number of aromatic nitrogens is 4. The molecule has 2 heterocycles. The maximum Gasteiger partial charge on any atom is 0.272 e. The lowest BCUT2D eigenvalue weighted by Gasteiger charge is -2.07. The molecule has 0 spiro atoms. The van der Waals surface area contributed by atoms with E-state index in [1.165, 1.54) is 0 Å². The summed E-state index contributed by atoms with van der Waals surface area (Å²) >= 11 is 5.98. The molecule has 30 heavy (non-hydrogen) atoms. The van der Waals surface area contributed by atoms with Crippen LogP contribution < -0.4 is 10.6 Å². The Morgan fingerprint density at radius 1 is 0.933 bits per heavy atom. The zero-order valence-electron chi connectivity index (χ0n) is 15.7. The van der Waals surface area contributed by atoms with Crippen LogP contribution in [0.25, 0.3) is 11.4 Å². The maximum absolute atomic E-state index is 12.3. The minimum Gasteiger partial charge on any atom is -0.342 e. The second kappa shape index (κ2) is 8.62. The first-order chi connectivity index (χ1) is 14.6. The van der Waals surface area contributed by atoms with Crippen molar-refractivity contribution in [2.75, 3.05) is 11.9 Å². The summed E-state index contributed by atoms with van der Waals surface area (Å²) in [5, 5.41) is 14.2. The quantitative estimate of drug-likeness (QED) is 0.501. The van der Waals surface area contributed by atoms with E-state index in [-0.39, 0.29) is 18.1 Å². The Bertz CT molecular complexity index is 1170. The molecule has 2 amide bonds. The van der Waals surface area contributed by atoms with Gasteiger partial charge in [0.1, 0.15) is 0 Å². The van der Waals surface area contributed by atoms with E-state index in [0.29, 0.717) is 10.7 Å². The summed E-state index contributed by atoms with van der Waals surface area (Å²) in [6.07, 6.45) is 5.18. The number of rotatable bonds is 6. The van der Waals surface area contributed by atoms with Crippen LogP contribution in [-0.2, 0) is 4.79 Å². The molecule has 8 nitrogen and oxygen atoms in total. The highest BCUT2D eigenvalue weighted by Gasteiger charge is 2.12. The molecule has 2 aromatic carbocycles. The average Bonchev–Trinajstić information content (AvgIpc) is 3.45. The lowest BCUT2D eigenvalue weighted by atomic mass is 10.3. The fraction of sp³-hybridized carbons (Fsp3) is 0.0476. The van der Waals surface area contributed by atoms with Crippen LogP contribution in [0.4, 0.5) is 5.69 Å². The van der Waals surface area contributed by atoms with Gasteiger partial charge in [0.05, 0.1) is 17.9 Å². The monoisotopic (exact) mass is 420 g/mol. The summed E-state index contributed by atoms with van der Waals surface area (Å²) in [5.41, 5.74) is 2.43. The van der Waals surface area contributed by atoms with Crippen molar-refractivity contribution in [3.8, 4) is 11.4 Å². The number of carbonyl (C=O) groups excluding carboxylic acids is 2. The van der Waals surface area contributed by atoms with Gasteiger partial charge in [0.2, 0.25) is 5.91 Å². The average molecular weight is 421 g/mol. The third-order valence-electron chi connectivity index (χ3n) is 4.22. The molecule has 2 aromatic heterocycles. The van der Waals surface area contributed by atoms with E-state index in [2.05, 4.69) is 20.8 Å². The third-order valence-corrected chi connectivity index (χ3v) is 4.46. The largest absolute Gasteiger partial charge is 0.342 e. The first-order valence-corrected chi connectivity index (χ1v) is 9.46. The topological polar surface area (TPSA) is 93.8 Å². The Morgan fingerprint density at radius 3 is 2.50 bits per heavy atom. The van der Waals surface area contributed by atoms with Crippen LogP contribution in [0.5, 0.6) is 0 Å². The Morgan fingerprint density at radius 2 is 1.77 bits per heavy atom. The zero-order chi connectivity index (χ0) is 20.9. The van der Waals surface area contributed by atoms with E-state index >= 15 is 0 Å². The van der Waals surface area contributed by atoms with Gasteiger partial charge >= 0.3 is 0 Å². The van der Waals surface area contributed by atoms with Crippen LogP contribution in [-0.4, -0.2) is 37.9 Å². The lowest BCUT2D eigenvalue weighted by Crippen LogP contribution is -2.33. The first kappa shape index (κ1) is 19.4. The molecule has 0 saturated heterocycles. The third kappa shape index (κ3) is 4.56. The van der Waals surface area contributed by atoms with Crippen LogP contribution in [0.15, 0.2) is 79.3 Å². The Balaban J connectivity index is 1.31. The van der Waals surface area contributed by atoms with Crippen LogP contribution in [0, 0.1) is 0 Å². The van der Waals surface area contributed by atoms with E-state index < -0.39 is 5.91 Å². The summed E-state index contributed by atoms with van der Waals surface area (Å²) in [7, 11) is 0. The van der Waals surface area contributed by atoms with E-state index in [1.807, 2.05) is 30.5 Å². The number of anilines is 1. The number of nitrogens with one attached hydrogen (secondary N) is 2.